The Hall–Kier alpha value is -3.29. The van der Waals surface area contributed by atoms with Crippen molar-refractivity contribution in [2.24, 2.45) is 0 Å². The first kappa shape index (κ1) is 19.0. The molecule has 0 saturated heterocycles. The first-order valence-corrected chi connectivity index (χ1v) is 11.5. The molecule has 29 heavy (non-hydrogen) atoms. The predicted octanol–water partition coefficient (Wildman–Crippen LogP) is 3.76. The summed E-state index contributed by atoms with van der Waals surface area (Å²) in [5.74, 6) is -0.106. The Morgan fingerprint density at radius 1 is 0.690 bits per heavy atom. The SMILES string of the molecule is O=C(NC[P+](c1ccccc1)(c1ccccc1)c1ccccc1)c1cccnc1. The second-order valence-corrected chi connectivity index (χ2v) is 10.2. The molecule has 3 nitrogen and oxygen atoms in total. The number of carbonyl (C=O) groups excluding carboxylic acids is 1. The van der Waals surface area contributed by atoms with Gasteiger partial charge in [0.05, 0.1) is 5.56 Å². The van der Waals surface area contributed by atoms with Crippen LogP contribution in [0.25, 0.3) is 0 Å². The van der Waals surface area contributed by atoms with Gasteiger partial charge in [-0.3, -0.25) is 9.78 Å². The van der Waals surface area contributed by atoms with Gasteiger partial charge in [-0.25, -0.2) is 0 Å². The van der Waals surface area contributed by atoms with Crippen LogP contribution in [-0.4, -0.2) is 17.2 Å². The number of carbonyl (C=O) groups is 1. The molecule has 0 bridgehead atoms. The van der Waals surface area contributed by atoms with Crippen molar-refractivity contribution in [2.75, 3.05) is 6.29 Å². The average molecular weight is 397 g/mol. The van der Waals surface area contributed by atoms with Crippen molar-refractivity contribution in [3.05, 3.63) is 121 Å². The number of nitrogens with one attached hydrogen (secondary N) is 1. The van der Waals surface area contributed by atoms with Crippen LogP contribution in [-0.2, 0) is 0 Å². The number of rotatable bonds is 6. The molecule has 0 radical (unpaired) electrons. The van der Waals surface area contributed by atoms with E-state index in [0.29, 0.717) is 11.8 Å². The lowest BCUT2D eigenvalue weighted by molar-refractivity contribution is 0.0960. The van der Waals surface area contributed by atoms with Crippen LogP contribution in [0, 0.1) is 0 Å². The summed E-state index contributed by atoms with van der Waals surface area (Å²) in [6.07, 6.45) is 3.81. The molecule has 0 saturated carbocycles. The summed E-state index contributed by atoms with van der Waals surface area (Å²) in [5, 5.41) is 6.92. The van der Waals surface area contributed by atoms with E-state index in [2.05, 4.69) is 83.1 Å². The van der Waals surface area contributed by atoms with E-state index in [1.54, 1.807) is 24.5 Å². The second-order valence-electron chi connectivity index (χ2n) is 6.72. The zero-order valence-corrected chi connectivity index (χ0v) is 16.9. The molecule has 1 heterocycles. The Labute approximate surface area is 171 Å². The molecule has 4 rings (SSSR count). The monoisotopic (exact) mass is 397 g/mol. The lowest BCUT2D eigenvalue weighted by Gasteiger charge is -2.27. The van der Waals surface area contributed by atoms with E-state index in [-0.39, 0.29) is 5.91 Å². The molecule has 0 aliphatic heterocycles. The van der Waals surface area contributed by atoms with Crippen LogP contribution in [0.4, 0.5) is 0 Å². The van der Waals surface area contributed by atoms with Gasteiger partial charge in [0.15, 0.2) is 0 Å². The second kappa shape index (κ2) is 8.81. The molecule has 0 fully saturated rings. The summed E-state index contributed by atoms with van der Waals surface area (Å²) >= 11 is 0. The maximum absolute atomic E-state index is 12.9. The maximum atomic E-state index is 12.9. The Balaban J connectivity index is 1.83. The molecule has 4 heteroatoms. The number of amides is 1. The normalized spacial score (nSPS) is 11.0. The highest BCUT2D eigenvalue weighted by Crippen LogP contribution is 2.54. The number of benzene rings is 3. The largest absolute Gasteiger partial charge is 0.319 e. The summed E-state index contributed by atoms with van der Waals surface area (Å²) in [6, 6.07) is 35.1. The van der Waals surface area contributed by atoms with Crippen molar-refractivity contribution in [1.29, 1.82) is 0 Å². The molecule has 1 aromatic heterocycles. The van der Waals surface area contributed by atoms with Crippen LogP contribution in [0.15, 0.2) is 116 Å². The number of aromatic nitrogens is 1. The lowest BCUT2D eigenvalue weighted by atomic mass is 10.3. The fraction of sp³-hybridized carbons (Fsp3) is 0.0400. The molecule has 4 aromatic rings. The first-order chi connectivity index (χ1) is 14.3. The standard InChI is InChI=1S/C25H21N2OP/c28-25(21-11-10-18-26-19-21)27-20-29(22-12-4-1-5-13-22,23-14-6-2-7-15-23)24-16-8-3-9-17-24/h1-19H,20H2/p+1. The Bertz CT molecular complexity index is 958. The highest BCUT2D eigenvalue weighted by Gasteiger charge is 2.45. The number of hydrogen-bond donors (Lipinski definition) is 1. The van der Waals surface area contributed by atoms with Crippen LogP contribution in [0.1, 0.15) is 10.4 Å². The van der Waals surface area contributed by atoms with Gasteiger partial charge in [0.2, 0.25) is 0 Å². The number of pyridine rings is 1. The molecule has 0 spiro atoms. The van der Waals surface area contributed by atoms with Gasteiger partial charge >= 0.3 is 0 Å². The molecule has 0 atom stereocenters. The molecule has 0 aliphatic rings. The van der Waals surface area contributed by atoms with Gasteiger partial charge in [0, 0.05) is 12.4 Å². The third-order valence-corrected chi connectivity index (χ3v) is 9.16. The maximum Gasteiger partial charge on any atom is 0.255 e. The van der Waals surface area contributed by atoms with E-state index >= 15 is 0 Å². The molecule has 0 aliphatic carbocycles. The van der Waals surface area contributed by atoms with E-state index in [4.69, 9.17) is 0 Å². The number of hydrogen-bond acceptors (Lipinski definition) is 2. The van der Waals surface area contributed by atoms with Gasteiger partial charge in [0.1, 0.15) is 29.5 Å². The molecular weight excluding hydrogens is 375 g/mol. The van der Waals surface area contributed by atoms with Crippen molar-refractivity contribution >= 4 is 29.1 Å². The highest BCUT2D eigenvalue weighted by atomic mass is 31.2. The first-order valence-electron chi connectivity index (χ1n) is 9.54. The molecule has 142 valence electrons. The topological polar surface area (TPSA) is 42.0 Å². The smallest absolute Gasteiger partial charge is 0.255 e. The van der Waals surface area contributed by atoms with Crippen molar-refractivity contribution in [3.8, 4) is 0 Å². The lowest BCUT2D eigenvalue weighted by Crippen LogP contribution is -2.39. The van der Waals surface area contributed by atoms with Gasteiger partial charge in [-0.1, -0.05) is 54.6 Å². The van der Waals surface area contributed by atoms with Gasteiger partial charge < -0.3 is 5.32 Å². The minimum atomic E-state index is -2.08. The minimum absolute atomic E-state index is 0.106. The third kappa shape index (κ3) is 3.96. The molecule has 1 amide bonds. The molecule has 1 N–H and O–H groups in total. The van der Waals surface area contributed by atoms with Gasteiger partial charge in [-0.15, -0.1) is 0 Å². The molecular formula is C25H22N2OP+. The molecule has 0 unspecified atom stereocenters. The van der Waals surface area contributed by atoms with E-state index < -0.39 is 7.26 Å². The van der Waals surface area contributed by atoms with Crippen LogP contribution in [0.5, 0.6) is 0 Å². The Morgan fingerprint density at radius 2 is 1.17 bits per heavy atom. The summed E-state index contributed by atoms with van der Waals surface area (Å²) in [5.41, 5.74) is 0.569. The Morgan fingerprint density at radius 3 is 1.59 bits per heavy atom. The fourth-order valence-corrected chi connectivity index (χ4v) is 7.42. The summed E-state index contributed by atoms with van der Waals surface area (Å²) < 4.78 is 0. The van der Waals surface area contributed by atoms with Crippen molar-refractivity contribution in [1.82, 2.24) is 10.3 Å². The van der Waals surface area contributed by atoms with Crippen LogP contribution < -0.4 is 21.2 Å². The number of nitrogens with zero attached hydrogens (tertiary/aromatic N) is 1. The average Bonchev–Trinajstić information content (AvgIpc) is 2.82. The van der Waals surface area contributed by atoms with Crippen molar-refractivity contribution in [3.63, 3.8) is 0 Å². The highest BCUT2D eigenvalue weighted by molar-refractivity contribution is 7.95. The van der Waals surface area contributed by atoms with E-state index in [1.807, 2.05) is 18.2 Å². The predicted molar refractivity (Wildman–Crippen MR) is 122 cm³/mol. The Kier molecular flexibility index (Phi) is 5.79. The fourth-order valence-electron chi connectivity index (χ4n) is 3.56. The van der Waals surface area contributed by atoms with Crippen molar-refractivity contribution < 1.29 is 4.79 Å². The zero-order valence-electron chi connectivity index (χ0n) is 16.0. The van der Waals surface area contributed by atoms with E-state index in [0.717, 1.165) is 0 Å². The zero-order chi connectivity index (χ0) is 19.9. The molecule has 3 aromatic carbocycles. The van der Waals surface area contributed by atoms with E-state index in [9.17, 15) is 4.79 Å². The van der Waals surface area contributed by atoms with E-state index in [1.165, 1.54) is 15.9 Å². The third-order valence-electron chi connectivity index (χ3n) is 4.99. The van der Waals surface area contributed by atoms with Gasteiger partial charge in [0.25, 0.3) is 5.91 Å². The van der Waals surface area contributed by atoms with Crippen LogP contribution >= 0.6 is 7.26 Å². The van der Waals surface area contributed by atoms with Crippen molar-refractivity contribution in [2.45, 2.75) is 0 Å². The van der Waals surface area contributed by atoms with Gasteiger partial charge in [-0.2, -0.15) is 0 Å². The van der Waals surface area contributed by atoms with Gasteiger partial charge in [-0.05, 0) is 48.5 Å². The minimum Gasteiger partial charge on any atom is -0.319 e. The summed E-state index contributed by atoms with van der Waals surface area (Å²) in [7, 11) is -2.08. The quantitative estimate of drug-likeness (QED) is 0.504. The van der Waals surface area contributed by atoms with Crippen LogP contribution in [0.3, 0.4) is 0 Å². The summed E-state index contributed by atoms with van der Waals surface area (Å²) in [6.45, 7) is 0. The summed E-state index contributed by atoms with van der Waals surface area (Å²) in [4.78, 5) is 16.9. The van der Waals surface area contributed by atoms with Crippen LogP contribution in [0.2, 0.25) is 0 Å².